The number of rotatable bonds is 4. The molecular formula is C17H25N3. The number of nitrogens with zero attached hydrogens (tertiary/aromatic N) is 2. The van der Waals surface area contributed by atoms with Gasteiger partial charge in [0.25, 0.3) is 0 Å². The van der Waals surface area contributed by atoms with E-state index in [0.717, 1.165) is 31.3 Å². The molecule has 2 unspecified atom stereocenters. The smallest absolute Gasteiger partial charge is 0.110 e. The lowest BCUT2D eigenvalue weighted by molar-refractivity contribution is 0.314. The van der Waals surface area contributed by atoms with Crippen LogP contribution in [0.15, 0.2) is 24.3 Å². The van der Waals surface area contributed by atoms with E-state index in [9.17, 15) is 0 Å². The van der Waals surface area contributed by atoms with E-state index in [4.69, 9.17) is 10.7 Å². The number of aromatic nitrogens is 2. The monoisotopic (exact) mass is 271 g/mol. The second kappa shape index (κ2) is 5.96. The van der Waals surface area contributed by atoms with Gasteiger partial charge in [0, 0.05) is 19.0 Å². The van der Waals surface area contributed by atoms with Crippen LogP contribution in [0.4, 0.5) is 0 Å². The average molecular weight is 271 g/mol. The molecule has 1 saturated carbocycles. The fourth-order valence-electron chi connectivity index (χ4n) is 3.53. The van der Waals surface area contributed by atoms with Gasteiger partial charge in [0.1, 0.15) is 5.82 Å². The Hall–Kier alpha value is -1.35. The quantitative estimate of drug-likeness (QED) is 0.925. The van der Waals surface area contributed by atoms with E-state index in [-0.39, 0.29) is 0 Å². The van der Waals surface area contributed by atoms with Gasteiger partial charge in [-0.15, -0.1) is 0 Å². The standard InChI is InChI=1S/C17H25N3/c1-2-10-20-16-9-4-3-8-15(16)19-17(20)12-13-6-5-7-14(18)11-13/h3-4,8-9,13-14H,2,5-7,10-12,18H2,1H3. The summed E-state index contributed by atoms with van der Waals surface area (Å²) in [5.74, 6) is 1.97. The van der Waals surface area contributed by atoms with Crippen molar-refractivity contribution in [3.05, 3.63) is 30.1 Å². The van der Waals surface area contributed by atoms with Crippen LogP contribution in [0.1, 0.15) is 44.9 Å². The van der Waals surface area contributed by atoms with Gasteiger partial charge in [-0.2, -0.15) is 0 Å². The van der Waals surface area contributed by atoms with Gasteiger partial charge in [-0.05, 0) is 43.7 Å². The Balaban J connectivity index is 1.87. The number of aryl methyl sites for hydroxylation is 1. The molecule has 3 nitrogen and oxygen atoms in total. The molecule has 2 aromatic rings. The van der Waals surface area contributed by atoms with Crippen LogP contribution in [-0.2, 0) is 13.0 Å². The highest BCUT2D eigenvalue weighted by molar-refractivity contribution is 5.75. The third-order valence-corrected chi connectivity index (χ3v) is 4.48. The number of fused-ring (bicyclic) bond motifs is 1. The molecule has 1 heterocycles. The molecule has 108 valence electrons. The summed E-state index contributed by atoms with van der Waals surface area (Å²) in [5.41, 5.74) is 8.54. The van der Waals surface area contributed by atoms with Gasteiger partial charge >= 0.3 is 0 Å². The summed E-state index contributed by atoms with van der Waals surface area (Å²) in [6, 6.07) is 8.89. The summed E-state index contributed by atoms with van der Waals surface area (Å²) in [5, 5.41) is 0. The summed E-state index contributed by atoms with van der Waals surface area (Å²) >= 11 is 0. The molecule has 1 aromatic heterocycles. The molecule has 1 fully saturated rings. The van der Waals surface area contributed by atoms with Crippen LogP contribution in [0.3, 0.4) is 0 Å². The first kappa shape index (κ1) is 13.6. The Bertz CT molecular complexity index is 573. The van der Waals surface area contributed by atoms with Crippen LogP contribution in [0.2, 0.25) is 0 Å². The summed E-state index contributed by atoms with van der Waals surface area (Å²) < 4.78 is 2.41. The zero-order valence-electron chi connectivity index (χ0n) is 12.4. The second-order valence-corrected chi connectivity index (χ2v) is 6.17. The zero-order valence-corrected chi connectivity index (χ0v) is 12.4. The van der Waals surface area contributed by atoms with Gasteiger partial charge in [-0.1, -0.05) is 25.5 Å². The minimum absolute atomic E-state index is 0.401. The SMILES string of the molecule is CCCn1c(CC2CCCC(N)C2)nc2ccccc21. The first-order valence-electron chi connectivity index (χ1n) is 7.97. The maximum absolute atomic E-state index is 6.12. The van der Waals surface area contributed by atoms with Crippen molar-refractivity contribution in [2.45, 2.75) is 58.0 Å². The Labute approximate surface area is 121 Å². The Morgan fingerprint density at radius 3 is 2.95 bits per heavy atom. The zero-order chi connectivity index (χ0) is 13.9. The summed E-state index contributed by atoms with van der Waals surface area (Å²) in [4.78, 5) is 4.87. The molecule has 20 heavy (non-hydrogen) atoms. The molecule has 0 aliphatic heterocycles. The minimum atomic E-state index is 0.401. The highest BCUT2D eigenvalue weighted by atomic mass is 15.1. The van der Waals surface area contributed by atoms with Gasteiger partial charge in [0.2, 0.25) is 0 Å². The van der Waals surface area contributed by atoms with Gasteiger partial charge < -0.3 is 10.3 Å². The molecule has 3 heteroatoms. The molecule has 2 atom stereocenters. The van der Waals surface area contributed by atoms with Crippen LogP contribution in [0, 0.1) is 5.92 Å². The molecule has 1 aliphatic rings. The lowest BCUT2D eigenvalue weighted by Crippen LogP contribution is -2.29. The summed E-state index contributed by atoms with van der Waals surface area (Å²) in [6.45, 7) is 3.30. The molecule has 0 spiro atoms. The van der Waals surface area contributed by atoms with E-state index in [1.165, 1.54) is 30.6 Å². The Kier molecular flexibility index (Phi) is 4.06. The van der Waals surface area contributed by atoms with Gasteiger partial charge in [0.15, 0.2) is 0 Å². The van der Waals surface area contributed by atoms with Crippen molar-refractivity contribution in [3.8, 4) is 0 Å². The molecule has 2 N–H and O–H groups in total. The molecule has 0 amide bonds. The summed E-state index contributed by atoms with van der Waals surface area (Å²) in [7, 11) is 0. The van der Waals surface area contributed by atoms with E-state index in [2.05, 4.69) is 35.8 Å². The first-order chi connectivity index (χ1) is 9.78. The van der Waals surface area contributed by atoms with Crippen LogP contribution in [0.25, 0.3) is 11.0 Å². The van der Waals surface area contributed by atoms with Gasteiger partial charge in [-0.25, -0.2) is 4.98 Å². The molecular weight excluding hydrogens is 246 g/mol. The van der Waals surface area contributed by atoms with Gasteiger partial charge in [0.05, 0.1) is 11.0 Å². The largest absolute Gasteiger partial charge is 0.328 e. The van der Waals surface area contributed by atoms with Crippen LogP contribution < -0.4 is 5.73 Å². The van der Waals surface area contributed by atoms with E-state index in [1.54, 1.807) is 0 Å². The normalized spacial score (nSPS) is 23.3. The topological polar surface area (TPSA) is 43.8 Å². The molecule has 1 aliphatic carbocycles. The second-order valence-electron chi connectivity index (χ2n) is 6.17. The third kappa shape index (κ3) is 2.73. The maximum Gasteiger partial charge on any atom is 0.110 e. The third-order valence-electron chi connectivity index (χ3n) is 4.48. The van der Waals surface area contributed by atoms with Crippen molar-refractivity contribution in [1.82, 2.24) is 9.55 Å². The fourth-order valence-corrected chi connectivity index (χ4v) is 3.53. The van der Waals surface area contributed by atoms with Crippen molar-refractivity contribution >= 4 is 11.0 Å². The van der Waals surface area contributed by atoms with E-state index in [1.807, 2.05) is 0 Å². The van der Waals surface area contributed by atoms with Crippen LogP contribution in [-0.4, -0.2) is 15.6 Å². The Morgan fingerprint density at radius 1 is 1.30 bits per heavy atom. The molecule has 0 saturated heterocycles. The minimum Gasteiger partial charge on any atom is -0.328 e. The average Bonchev–Trinajstić information content (AvgIpc) is 2.77. The van der Waals surface area contributed by atoms with Crippen LogP contribution in [0.5, 0.6) is 0 Å². The number of nitrogens with two attached hydrogens (primary N) is 1. The predicted molar refractivity (Wildman–Crippen MR) is 83.7 cm³/mol. The predicted octanol–water partition coefficient (Wildman–Crippen LogP) is 3.51. The first-order valence-corrected chi connectivity index (χ1v) is 7.97. The lowest BCUT2D eigenvalue weighted by Gasteiger charge is -2.26. The lowest BCUT2D eigenvalue weighted by atomic mass is 9.84. The van der Waals surface area contributed by atoms with E-state index >= 15 is 0 Å². The summed E-state index contributed by atoms with van der Waals surface area (Å²) in [6.07, 6.45) is 7.18. The highest BCUT2D eigenvalue weighted by Crippen LogP contribution is 2.27. The van der Waals surface area contributed by atoms with E-state index < -0.39 is 0 Å². The molecule has 0 radical (unpaired) electrons. The highest BCUT2D eigenvalue weighted by Gasteiger charge is 2.22. The number of benzene rings is 1. The number of para-hydroxylation sites is 2. The number of hydrogen-bond acceptors (Lipinski definition) is 2. The number of hydrogen-bond donors (Lipinski definition) is 1. The van der Waals surface area contributed by atoms with Crippen LogP contribution >= 0.6 is 0 Å². The van der Waals surface area contributed by atoms with Crippen molar-refractivity contribution in [2.75, 3.05) is 0 Å². The number of imidazole rings is 1. The molecule has 3 rings (SSSR count). The molecule has 1 aromatic carbocycles. The molecule has 0 bridgehead atoms. The maximum atomic E-state index is 6.12. The fraction of sp³-hybridized carbons (Fsp3) is 0.588. The van der Waals surface area contributed by atoms with Crippen molar-refractivity contribution in [2.24, 2.45) is 11.7 Å². The van der Waals surface area contributed by atoms with E-state index in [0.29, 0.717) is 12.0 Å². The van der Waals surface area contributed by atoms with Crippen molar-refractivity contribution in [1.29, 1.82) is 0 Å². The Morgan fingerprint density at radius 2 is 2.15 bits per heavy atom. The van der Waals surface area contributed by atoms with Crippen molar-refractivity contribution in [3.63, 3.8) is 0 Å². The van der Waals surface area contributed by atoms with Crippen molar-refractivity contribution < 1.29 is 0 Å². The van der Waals surface area contributed by atoms with Gasteiger partial charge in [-0.3, -0.25) is 0 Å².